The highest BCUT2D eigenvalue weighted by Gasteiger charge is 2.41. The van der Waals surface area contributed by atoms with Gasteiger partial charge in [0, 0.05) is 69.5 Å². The Hall–Kier alpha value is -3.84. The number of halogens is 6. The van der Waals surface area contributed by atoms with Gasteiger partial charge in [0.15, 0.2) is 0 Å². The van der Waals surface area contributed by atoms with Gasteiger partial charge in [0.25, 0.3) is 11.8 Å². The van der Waals surface area contributed by atoms with Gasteiger partial charge in [-0.15, -0.1) is 0 Å². The van der Waals surface area contributed by atoms with Gasteiger partial charge in [0.1, 0.15) is 6.26 Å². The van der Waals surface area contributed by atoms with E-state index in [9.17, 15) is 35.9 Å². The number of hydrogen-bond acceptors (Lipinski definition) is 5. The Labute approximate surface area is 268 Å². The van der Waals surface area contributed by atoms with Crippen LogP contribution in [-0.4, -0.2) is 95.4 Å². The van der Waals surface area contributed by atoms with Crippen LogP contribution in [-0.2, 0) is 18.8 Å². The number of hydrogen-bond donors (Lipinski definition) is 0. The number of piperazine rings is 1. The van der Waals surface area contributed by atoms with Crippen LogP contribution >= 0.6 is 0 Å². The van der Waals surface area contributed by atoms with Crippen LogP contribution < -0.4 is 0 Å². The van der Waals surface area contributed by atoms with Crippen LogP contribution in [0.5, 0.6) is 0 Å². The molecule has 4 heterocycles. The SMILES string of the molecule is O=C(c1ccoc1)N1CC[C@@H](N2CCN([C@H]3CCN(C(=O)c4cc(C(F)(F)F)cc(C(F)(F)F)c4)[C@H](Cc4ccccc4)C3)CC2)C1. The van der Waals surface area contributed by atoms with E-state index < -0.39 is 41.0 Å². The number of nitrogens with zero attached hydrogens (tertiary/aromatic N) is 4. The number of carbonyl (C=O) groups excluding carboxylic acids is 2. The number of furan rings is 1. The fourth-order valence-corrected chi connectivity index (χ4v) is 7.21. The van der Waals surface area contributed by atoms with Crippen LogP contribution in [0.1, 0.15) is 56.7 Å². The van der Waals surface area contributed by atoms with Gasteiger partial charge in [0.05, 0.1) is 23.0 Å². The molecule has 0 radical (unpaired) electrons. The third-order valence-electron chi connectivity index (χ3n) is 9.70. The van der Waals surface area contributed by atoms with E-state index in [4.69, 9.17) is 4.42 Å². The maximum Gasteiger partial charge on any atom is 0.416 e. The molecule has 47 heavy (non-hydrogen) atoms. The number of benzene rings is 2. The first-order chi connectivity index (χ1) is 22.4. The van der Waals surface area contributed by atoms with Crippen molar-refractivity contribution in [1.82, 2.24) is 19.6 Å². The zero-order valence-corrected chi connectivity index (χ0v) is 25.6. The molecule has 1 aromatic heterocycles. The zero-order valence-electron chi connectivity index (χ0n) is 25.6. The molecule has 3 aliphatic rings. The largest absolute Gasteiger partial charge is 0.472 e. The molecular formula is C34H36F6N4O3. The average Bonchev–Trinajstić information content (AvgIpc) is 3.77. The third-order valence-corrected chi connectivity index (χ3v) is 9.70. The molecule has 3 saturated heterocycles. The van der Waals surface area contributed by atoms with Crippen LogP contribution in [0.25, 0.3) is 0 Å². The minimum absolute atomic E-state index is 0.0367. The number of amides is 2. The second kappa shape index (κ2) is 13.3. The minimum atomic E-state index is -5.04. The predicted octanol–water partition coefficient (Wildman–Crippen LogP) is 6.07. The summed E-state index contributed by atoms with van der Waals surface area (Å²) in [5.41, 5.74) is -2.15. The quantitative estimate of drug-likeness (QED) is 0.301. The lowest BCUT2D eigenvalue weighted by molar-refractivity contribution is -0.143. The smallest absolute Gasteiger partial charge is 0.416 e. The van der Waals surface area contributed by atoms with Crippen LogP contribution in [0.3, 0.4) is 0 Å². The first-order valence-electron chi connectivity index (χ1n) is 15.8. The maximum absolute atomic E-state index is 13.7. The van der Waals surface area contributed by atoms with Crippen molar-refractivity contribution >= 4 is 11.8 Å². The van der Waals surface area contributed by atoms with Crippen molar-refractivity contribution in [3.63, 3.8) is 0 Å². The topological polar surface area (TPSA) is 60.2 Å². The van der Waals surface area contributed by atoms with Crippen LogP contribution in [0, 0.1) is 0 Å². The molecule has 0 saturated carbocycles. The fourth-order valence-electron chi connectivity index (χ4n) is 7.21. The first kappa shape index (κ1) is 33.1. The molecule has 3 aromatic rings. The highest BCUT2D eigenvalue weighted by Crippen LogP contribution is 2.37. The van der Waals surface area contributed by atoms with Gasteiger partial charge in [-0.05, 0) is 55.5 Å². The number of likely N-dealkylation sites (tertiary alicyclic amines) is 2. The molecule has 3 atom stereocenters. The van der Waals surface area contributed by atoms with E-state index in [1.807, 2.05) is 35.2 Å². The second-order valence-corrected chi connectivity index (χ2v) is 12.6. The summed E-state index contributed by atoms with van der Waals surface area (Å²) in [6, 6.07) is 12.1. The molecule has 6 rings (SSSR count). The van der Waals surface area contributed by atoms with Gasteiger partial charge in [-0.2, -0.15) is 26.3 Å². The Kier molecular flexibility index (Phi) is 9.39. The summed E-state index contributed by atoms with van der Waals surface area (Å²) in [4.78, 5) is 34.6. The van der Waals surface area contributed by atoms with Gasteiger partial charge in [-0.1, -0.05) is 30.3 Å². The number of alkyl halides is 6. The van der Waals surface area contributed by atoms with Crippen molar-refractivity contribution < 1.29 is 40.3 Å². The highest BCUT2D eigenvalue weighted by molar-refractivity contribution is 5.95. The molecular weight excluding hydrogens is 626 g/mol. The molecule has 3 fully saturated rings. The summed E-state index contributed by atoms with van der Waals surface area (Å²) < 4.78 is 86.5. The number of carbonyl (C=O) groups is 2. The Morgan fingerprint density at radius 2 is 1.34 bits per heavy atom. The molecule has 0 aliphatic carbocycles. The van der Waals surface area contributed by atoms with Gasteiger partial charge < -0.3 is 14.2 Å². The number of piperidine rings is 1. The lowest BCUT2D eigenvalue weighted by Crippen LogP contribution is -2.58. The van der Waals surface area contributed by atoms with E-state index in [-0.39, 0.29) is 30.6 Å². The lowest BCUT2D eigenvalue weighted by Gasteiger charge is -2.47. The molecule has 0 N–H and O–H groups in total. The summed E-state index contributed by atoms with van der Waals surface area (Å²) in [5, 5.41) is 0. The van der Waals surface area contributed by atoms with Crippen LogP contribution in [0.2, 0.25) is 0 Å². The van der Waals surface area contributed by atoms with Gasteiger partial charge in [-0.25, -0.2) is 0 Å². The Balaban J connectivity index is 1.14. The lowest BCUT2D eigenvalue weighted by atomic mass is 9.90. The first-order valence-corrected chi connectivity index (χ1v) is 15.8. The van der Waals surface area contributed by atoms with Crippen molar-refractivity contribution in [2.45, 2.75) is 56.2 Å². The molecule has 2 aromatic carbocycles. The fraction of sp³-hybridized carbons (Fsp3) is 0.471. The summed E-state index contributed by atoms with van der Waals surface area (Å²) in [6.45, 7) is 4.73. The molecule has 252 valence electrons. The second-order valence-electron chi connectivity index (χ2n) is 12.6. The van der Waals surface area contributed by atoms with E-state index in [0.717, 1.165) is 38.2 Å². The van der Waals surface area contributed by atoms with E-state index in [1.165, 1.54) is 17.4 Å². The molecule has 0 unspecified atom stereocenters. The Morgan fingerprint density at radius 3 is 1.94 bits per heavy atom. The maximum atomic E-state index is 13.7. The van der Waals surface area contributed by atoms with E-state index in [0.29, 0.717) is 50.0 Å². The average molecular weight is 663 g/mol. The van der Waals surface area contributed by atoms with Gasteiger partial charge in [-0.3, -0.25) is 19.4 Å². The minimum Gasteiger partial charge on any atom is -0.472 e. The van der Waals surface area contributed by atoms with Crippen LogP contribution in [0.15, 0.2) is 71.5 Å². The molecule has 7 nitrogen and oxygen atoms in total. The van der Waals surface area contributed by atoms with Crippen molar-refractivity contribution in [2.24, 2.45) is 0 Å². The Bertz CT molecular complexity index is 1510. The van der Waals surface area contributed by atoms with E-state index in [2.05, 4.69) is 9.80 Å². The molecule has 3 aliphatic heterocycles. The summed E-state index contributed by atoms with van der Waals surface area (Å²) in [7, 11) is 0. The summed E-state index contributed by atoms with van der Waals surface area (Å²) in [6.07, 6.45) is -4.73. The normalized spacial score (nSPS) is 23.3. The molecule has 0 bridgehead atoms. The van der Waals surface area contributed by atoms with E-state index >= 15 is 0 Å². The van der Waals surface area contributed by atoms with Crippen molar-refractivity contribution in [1.29, 1.82) is 0 Å². The Morgan fingerprint density at radius 1 is 0.723 bits per heavy atom. The molecule has 2 amide bonds. The third kappa shape index (κ3) is 7.51. The molecule has 0 spiro atoms. The molecule has 13 heteroatoms. The monoisotopic (exact) mass is 662 g/mol. The van der Waals surface area contributed by atoms with Crippen molar-refractivity contribution in [2.75, 3.05) is 45.8 Å². The van der Waals surface area contributed by atoms with Crippen molar-refractivity contribution in [3.05, 3.63) is 94.9 Å². The predicted molar refractivity (Wildman–Crippen MR) is 161 cm³/mol. The summed E-state index contributed by atoms with van der Waals surface area (Å²) in [5.74, 6) is -0.869. The van der Waals surface area contributed by atoms with Gasteiger partial charge >= 0.3 is 12.4 Å². The van der Waals surface area contributed by atoms with Crippen LogP contribution in [0.4, 0.5) is 26.3 Å². The van der Waals surface area contributed by atoms with Crippen molar-refractivity contribution in [3.8, 4) is 0 Å². The standard InChI is InChI=1S/C34H36F6N4O3/c35-33(36,37)26-17-25(18-27(19-26)34(38,39)40)32(46)44-10-7-28(20-30(44)16-23-4-2-1-3-5-23)41-11-13-42(14-12-41)29-6-9-43(21-29)31(45)24-8-15-47-22-24/h1-5,8,15,17-19,22,28-30H,6-7,9-14,16,20-21H2/t28-,29+,30+/m0/s1. The summed E-state index contributed by atoms with van der Waals surface area (Å²) >= 11 is 0. The van der Waals surface area contributed by atoms with Gasteiger partial charge in [0.2, 0.25) is 0 Å². The van der Waals surface area contributed by atoms with E-state index in [1.54, 1.807) is 6.07 Å². The number of rotatable bonds is 6. The zero-order chi connectivity index (χ0) is 33.3. The highest BCUT2D eigenvalue weighted by atomic mass is 19.4.